The standard InChI is InChI=1S/C16H20N4O2S2/c1-4-9-17-15-19-20-16(24-15)23-10(2)14(22)12-5-7-13(8-6-12)18-11(3)21/h5-8,10H,4,9H2,1-3H3,(H,17,19)(H,18,21)/t10-/m1/s1. The van der Waals surface area contributed by atoms with E-state index in [9.17, 15) is 9.59 Å². The fourth-order valence-corrected chi connectivity index (χ4v) is 3.92. The number of carbonyl (C=O) groups is 2. The zero-order valence-corrected chi connectivity index (χ0v) is 15.5. The van der Waals surface area contributed by atoms with Crippen LogP contribution in [-0.2, 0) is 4.79 Å². The van der Waals surface area contributed by atoms with Crippen molar-refractivity contribution in [1.29, 1.82) is 0 Å². The first-order valence-corrected chi connectivity index (χ1v) is 9.35. The molecule has 0 aliphatic rings. The number of rotatable bonds is 8. The maximum Gasteiger partial charge on any atom is 0.221 e. The lowest BCUT2D eigenvalue weighted by Gasteiger charge is -2.09. The highest BCUT2D eigenvalue weighted by atomic mass is 32.2. The fourth-order valence-electron chi connectivity index (χ4n) is 1.92. The lowest BCUT2D eigenvalue weighted by Crippen LogP contribution is -2.13. The van der Waals surface area contributed by atoms with Gasteiger partial charge in [0.2, 0.25) is 11.0 Å². The summed E-state index contributed by atoms with van der Waals surface area (Å²) in [6.45, 7) is 6.24. The van der Waals surface area contributed by atoms with Crippen LogP contribution in [0.3, 0.4) is 0 Å². The van der Waals surface area contributed by atoms with Gasteiger partial charge in [-0.1, -0.05) is 30.0 Å². The van der Waals surface area contributed by atoms with Gasteiger partial charge in [0.25, 0.3) is 0 Å². The van der Waals surface area contributed by atoms with Crippen molar-refractivity contribution < 1.29 is 9.59 Å². The van der Waals surface area contributed by atoms with Gasteiger partial charge in [-0.3, -0.25) is 9.59 Å². The number of ketones is 1. The van der Waals surface area contributed by atoms with Crippen LogP contribution in [0.5, 0.6) is 0 Å². The van der Waals surface area contributed by atoms with E-state index in [4.69, 9.17) is 0 Å². The summed E-state index contributed by atoms with van der Waals surface area (Å²) >= 11 is 2.85. The Morgan fingerprint density at radius 1 is 1.25 bits per heavy atom. The molecular formula is C16H20N4O2S2. The second-order valence-corrected chi connectivity index (χ2v) is 7.75. The van der Waals surface area contributed by atoms with E-state index in [1.807, 2.05) is 6.92 Å². The minimum Gasteiger partial charge on any atom is -0.360 e. The van der Waals surface area contributed by atoms with Crippen LogP contribution in [-0.4, -0.2) is 33.7 Å². The Morgan fingerprint density at radius 3 is 2.58 bits per heavy atom. The van der Waals surface area contributed by atoms with E-state index in [1.54, 1.807) is 24.3 Å². The van der Waals surface area contributed by atoms with E-state index in [1.165, 1.54) is 30.0 Å². The predicted octanol–water partition coefficient (Wildman–Crippen LogP) is 3.68. The molecule has 0 saturated carbocycles. The van der Waals surface area contributed by atoms with Crippen LogP contribution in [0.15, 0.2) is 28.6 Å². The number of anilines is 2. The third-order valence-corrected chi connectivity index (χ3v) is 5.13. The molecule has 2 rings (SSSR count). The molecule has 1 atom stereocenters. The summed E-state index contributed by atoms with van der Waals surface area (Å²) in [6.07, 6.45) is 1.02. The molecule has 1 aromatic heterocycles. The number of aromatic nitrogens is 2. The average molecular weight is 364 g/mol. The molecule has 8 heteroatoms. The van der Waals surface area contributed by atoms with Gasteiger partial charge in [0.1, 0.15) is 0 Å². The fraction of sp³-hybridized carbons (Fsp3) is 0.375. The number of Topliss-reactive ketones (excluding diaryl/α,β-unsaturated/α-hetero) is 1. The summed E-state index contributed by atoms with van der Waals surface area (Å²) in [5.41, 5.74) is 1.29. The van der Waals surface area contributed by atoms with E-state index in [-0.39, 0.29) is 16.9 Å². The Kier molecular flexibility index (Phi) is 6.74. The van der Waals surface area contributed by atoms with Crippen LogP contribution in [0.25, 0.3) is 0 Å². The smallest absolute Gasteiger partial charge is 0.221 e. The molecular weight excluding hydrogens is 344 g/mol. The normalized spacial score (nSPS) is 11.8. The molecule has 1 amide bonds. The van der Waals surface area contributed by atoms with E-state index in [0.29, 0.717) is 11.3 Å². The van der Waals surface area contributed by atoms with E-state index in [2.05, 4.69) is 27.8 Å². The number of carbonyl (C=O) groups excluding carboxylic acids is 2. The molecule has 6 nitrogen and oxygen atoms in total. The molecule has 128 valence electrons. The van der Waals surface area contributed by atoms with Gasteiger partial charge in [0.05, 0.1) is 5.25 Å². The van der Waals surface area contributed by atoms with Gasteiger partial charge in [0, 0.05) is 24.7 Å². The van der Waals surface area contributed by atoms with Crippen molar-refractivity contribution in [1.82, 2.24) is 10.2 Å². The van der Waals surface area contributed by atoms with Crippen molar-refractivity contribution in [3.05, 3.63) is 29.8 Å². The maximum absolute atomic E-state index is 12.5. The first kappa shape index (κ1) is 18.4. The maximum atomic E-state index is 12.5. The monoisotopic (exact) mass is 364 g/mol. The SMILES string of the molecule is CCCNc1nnc(S[C@H](C)C(=O)c2ccc(NC(C)=O)cc2)s1. The molecule has 1 heterocycles. The van der Waals surface area contributed by atoms with Gasteiger partial charge in [-0.15, -0.1) is 10.2 Å². The van der Waals surface area contributed by atoms with E-state index in [0.717, 1.165) is 22.4 Å². The van der Waals surface area contributed by atoms with Crippen molar-refractivity contribution in [3.63, 3.8) is 0 Å². The molecule has 0 radical (unpaired) electrons. The van der Waals surface area contributed by atoms with Crippen LogP contribution in [0.1, 0.15) is 37.6 Å². The molecule has 2 aromatic rings. The van der Waals surface area contributed by atoms with Crippen LogP contribution >= 0.6 is 23.1 Å². The summed E-state index contributed by atoms with van der Waals surface area (Å²) in [5.74, 6) is -0.116. The summed E-state index contributed by atoms with van der Waals surface area (Å²) in [5, 5.41) is 14.5. The Bertz CT molecular complexity index is 700. The highest BCUT2D eigenvalue weighted by Gasteiger charge is 2.18. The molecule has 0 saturated heterocycles. The van der Waals surface area contributed by atoms with Crippen LogP contribution < -0.4 is 10.6 Å². The van der Waals surface area contributed by atoms with Crippen molar-refractivity contribution in [2.75, 3.05) is 17.2 Å². The van der Waals surface area contributed by atoms with Gasteiger partial charge in [-0.05, 0) is 37.6 Å². The third kappa shape index (κ3) is 5.31. The number of nitrogens with one attached hydrogen (secondary N) is 2. The number of hydrogen-bond acceptors (Lipinski definition) is 7. The number of nitrogens with zero attached hydrogens (tertiary/aromatic N) is 2. The average Bonchev–Trinajstić information content (AvgIpc) is 2.99. The second-order valence-electron chi connectivity index (χ2n) is 5.18. The Morgan fingerprint density at radius 2 is 1.96 bits per heavy atom. The minimum absolute atomic E-state index is 0.0210. The molecule has 1 aromatic carbocycles. The molecule has 0 aliphatic carbocycles. The van der Waals surface area contributed by atoms with Crippen molar-refractivity contribution >= 4 is 45.6 Å². The summed E-state index contributed by atoms with van der Waals surface area (Å²) in [4.78, 5) is 23.5. The van der Waals surface area contributed by atoms with Gasteiger partial charge < -0.3 is 10.6 Å². The Labute approximate surface area is 149 Å². The third-order valence-electron chi connectivity index (χ3n) is 3.07. The molecule has 0 spiro atoms. The summed E-state index contributed by atoms with van der Waals surface area (Å²) in [7, 11) is 0. The largest absolute Gasteiger partial charge is 0.360 e. The topological polar surface area (TPSA) is 84.0 Å². The Balaban J connectivity index is 1.96. The number of thioether (sulfide) groups is 1. The lowest BCUT2D eigenvalue weighted by molar-refractivity contribution is -0.114. The van der Waals surface area contributed by atoms with Crippen LogP contribution in [0.4, 0.5) is 10.8 Å². The highest BCUT2D eigenvalue weighted by molar-refractivity contribution is 8.02. The second kappa shape index (κ2) is 8.79. The van der Waals surface area contributed by atoms with Crippen molar-refractivity contribution in [2.45, 2.75) is 36.8 Å². The van der Waals surface area contributed by atoms with Crippen molar-refractivity contribution in [2.24, 2.45) is 0 Å². The molecule has 0 aliphatic heterocycles. The quantitative estimate of drug-likeness (QED) is 0.549. The lowest BCUT2D eigenvalue weighted by atomic mass is 10.1. The number of hydrogen-bond donors (Lipinski definition) is 2. The summed E-state index contributed by atoms with van der Waals surface area (Å²) in [6, 6.07) is 6.89. The first-order chi connectivity index (χ1) is 11.5. The van der Waals surface area contributed by atoms with Gasteiger partial charge in [-0.2, -0.15) is 0 Å². The number of amides is 1. The summed E-state index contributed by atoms with van der Waals surface area (Å²) < 4.78 is 0.768. The van der Waals surface area contributed by atoms with Crippen molar-refractivity contribution in [3.8, 4) is 0 Å². The van der Waals surface area contributed by atoms with Gasteiger partial charge in [-0.25, -0.2) is 0 Å². The van der Waals surface area contributed by atoms with E-state index < -0.39 is 0 Å². The van der Waals surface area contributed by atoms with E-state index >= 15 is 0 Å². The molecule has 0 fully saturated rings. The predicted molar refractivity (Wildman–Crippen MR) is 99.1 cm³/mol. The molecule has 24 heavy (non-hydrogen) atoms. The zero-order chi connectivity index (χ0) is 17.5. The minimum atomic E-state index is -0.261. The Hall–Kier alpha value is -1.93. The molecule has 0 unspecified atom stereocenters. The van der Waals surface area contributed by atoms with Gasteiger partial charge in [0.15, 0.2) is 10.1 Å². The van der Waals surface area contributed by atoms with Gasteiger partial charge >= 0.3 is 0 Å². The number of benzene rings is 1. The van der Waals surface area contributed by atoms with Crippen LogP contribution in [0.2, 0.25) is 0 Å². The molecule has 0 bridgehead atoms. The first-order valence-electron chi connectivity index (χ1n) is 7.65. The molecule has 2 N–H and O–H groups in total. The zero-order valence-electron chi connectivity index (χ0n) is 13.8. The van der Waals surface area contributed by atoms with Crippen LogP contribution in [0, 0.1) is 0 Å². The highest BCUT2D eigenvalue weighted by Crippen LogP contribution is 2.30.